The van der Waals surface area contributed by atoms with Gasteiger partial charge in [-0.15, -0.1) is 0 Å². The van der Waals surface area contributed by atoms with Crippen LogP contribution >= 0.6 is 0 Å². The fourth-order valence-corrected chi connectivity index (χ4v) is 3.53. The molecular weight excluding hydrogens is 332 g/mol. The van der Waals surface area contributed by atoms with Gasteiger partial charge in [-0.1, -0.05) is 44.6 Å². The Labute approximate surface area is 153 Å². The fourth-order valence-electron chi connectivity index (χ4n) is 3.53. The molecule has 1 aliphatic heterocycles. The Morgan fingerprint density at radius 2 is 2.00 bits per heavy atom. The van der Waals surface area contributed by atoms with E-state index in [0.29, 0.717) is 18.2 Å². The number of carbonyl (C=O) groups excluding carboxylic acids is 3. The van der Waals surface area contributed by atoms with Gasteiger partial charge in [-0.05, 0) is 30.8 Å². The Bertz CT molecular complexity index is 691. The van der Waals surface area contributed by atoms with Crippen molar-refractivity contribution in [1.82, 2.24) is 15.1 Å². The molecule has 140 valence electrons. The molecule has 26 heavy (non-hydrogen) atoms. The number of fused-ring (bicyclic) bond motifs is 1. The molecular formula is C19H26N4O3. The predicted molar refractivity (Wildman–Crippen MR) is 97.8 cm³/mol. The van der Waals surface area contributed by atoms with Gasteiger partial charge in [0.2, 0.25) is 5.91 Å². The summed E-state index contributed by atoms with van der Waals surface area (Å²) in [5, 5.41) is 2.62. The monoisotopic (exact) mass is 358 g/mol. The lowest BCUT2D eigenvalue weighted by molar-refractivity contribution is -0.120. The summed E-state index contributed by atoms with van der Waals surface area (Å²) >= 11 is 0. The van der Waals surface area contributed by atoms with Gasteiger partial charge in [0.05, 0.1) is 11.7 Å². The van der Waals surface area contributed by atoms with E-state index in [9.17, 15) is 14.4 Å². The molecule has 1 unspecified atom stereocenters. The van der Waals surface area contributed by atoms with Gasteiger partial charge in [-0.3, -0.25) is 4.79 Å². The molecule has 3 rings (SSSR count). The summed E-state index contributed by atoms with van der Waals surface area (Å²) in [6.07, 6.45) is 12.7. The van der Waals surface area contributed by atoms with Gasteiger partial charge in [-0.2, -0.15) is 0 Å². The lowest BCUT2D eigenvalue weighted by Gasteiger charge is -2.31. The van der Waals surface area contributed by atoms with Crippen molar-refractivity contribution in [2.45, 2.75) is 45.2 Å². The largest absolute Gasteiger partial charge is 0.368 e. The lowest BCUT2D eigenvalue weighted by atomic mass is 9.85. The summed E-state index contributed by atoms with van der Waals surface area (Å²) in [5.74, 6) is -0.293. The highest BCUT2D eigenvalue weighted by Crippen LogP contribution is 2.34. The molecule has 0 aromatic heterocycles. The number of hydrogen-bond acceptors (Lipinski definition) is 3. The molecule has 7 heteroatoms. The van der Waals surface area contributed by atoms with E-state index >= 15 is 0 Å². The molecule has 3 N–H and O–H groups in total. The SMILES string of the molecule is CC(C)[C@H](NC(=O)N1C(=O)N(CC2CCC2)C2C=CC=CC=C21)C(N)=O. The summed E-state index contributed by atoms with van der Waals surface area (Å²) < 4.78 is 0. The highest BCUT2D eigenvalue weighted by Gasteiger charge is 2.45. The van der Waals surface area contributed by atoms with Crippen LogP contribution in [0.4, 0.5) is 9.59 Å². The first kappa shape index (κ1) is 18.2. The number of nitrogens with zero attached hydrogens (tertiary/aromatic N) is 2. The standard InChI is InChI=1S/C19H26N4O3/c1-12(2)16(17(20)24)21-18(25)23-15-10-5-3-4-9-14(15)22(19(23)26)11-13-7-6-8-13/h3-5,9-10,12-14,16H,6-8,11H2,1-2H3,(H2,20,24)(H,21,25)/t14?,16-/m0/s1. The minimum atomic E-state index is -0.827. The number of carbonyl (C=O) groups is 3. The van der Waals surface area contributed by atoms with Crippen LogP contribution in [0.1, 0.15) is 33.1 Å². The van der Waals surface area contributed by atoms with Crippen molar-refractivity contribution >= 4 is 18.0 Å². The van der Waals surface area contributed by atoms with Crippen molar-refractivity contribution in [3.05, 3.63) is 36.1 Å². The summed E-state index contributed by atoms with van der Waals surface area (Å²) in [6, 6.07) is -2.05. The van der Waals surface area contributed by atoms with Crippen molar-refractivity contribution in [3.8, 4) is 0 Å². The zero-order chi connectivity index (χ0) is 18.8. The van der Waals surface area contributed by atoms with Crippen molar-refractivity contribution in [2.24, 2.45) is 17.6 Å². The third-order valence-electron chi connectivity index (χ3n) is 5.25. The molecule has 1 heterocycles. The van der Waals surface area contributed by atoms with Crippen molar-refractivity contribution in [1.29, 1.82) is 0 Å². The predicted octanol–water partition coefficient (Wildman–Crippen LogP) is 2.12. The highest BCUT2D eigenvalue weighted by atomic mass is 16.2. The summed E-state index contributed by atoms with van der Waals surface area (Å²) in [4.78, 5) is 40.3. The topological polar surface area (TPSA) is 95.7 Å². The second kappa shape index (κ2) is 7.35. The molecule has 0 spiro atoms. The lowest BCUT2D eigenvalue weighted by Crippen LogP contribution is -2.52. The molecule has 1 saturated carbocycles. The number of hydrogen-bond donors (Lipinski definition) is 2. The summed E-state index contributed by atoms with van der Waals surface area (Å²) in [7, 11) is 0. The first-order valence-corrected chi connectivity index (χ1v) is 9.15. The zero-order valence-corrected chi connectivity index (χ0v) is 15.2. The number of nitrogens with two attached hydrogens (primary N) is 1. The Morgan fingerprint density at radius 3 is 2.58 bits per heavy atom. The van der Waals surface area contributed by atoms with Crippen molar-refractivity contribution in [3.63, 3.8) is 0 Å². The van der Waals surface area contributed by atoms with E-state index in [2.05, 4.69) is 5.32 Å². The van der Waals surface area contributed by atoms with Crippen LogP contribution in [0.2, 0.25) is 0 Å². The van der Waals surface area contributed by atoms with Crippen LogP contribution in [-0.2, 0) is 4.79 Å². The van der Waals surface area contributed by atoms with Gasteiger partial charge in [0, 0.05) is 6.54 Å². The maximum atomic E-state index is 13.0. The van der Waals surface area contributed by atoms with Crippen LogP contribution < -0.4 is 11.1 Å². The second-order valence-corrected chi connectivity index (χ2v) is 7.45. The first-order chi connectivity index (χ1) is 12.4. The van der Waals surface area contributed by atoms with E-state index in [4.69, 9.17) is 5.73 Å². The minimum Gasteiger partial charge on any atom is -0.368 e. The van der Waals surface area contributed by atoms with Crippen LogP contribution in [0.15, 0.2) is 36.1 Å². The highest BCUT2D eigenvalue weighted by molar-refractivity contribution is 6.00. The van der Waals surface area contributed by atoms with E-state index in [-0.39, 0.29) is 18.0 Å². The van der Waals surface area contributed by atoms with Crippen LogP contribution in [-0.4, -0.2) is 46.4 Å². The summed E-state index contributed by atoms with van der Waals surface area (Å²) in [5.41, 5.74) is 5.99. The van der Waals surface area contributed by atoms with E-state index < -0.39 is 18.0 Å². The molecule has 0 bridgehead atoms. The zero-order valence-electron chi connectivity index (χ0n) is 15.2. The van der Waals surface area contributed by atoms with Crippen LogP contribution in [0.3, 0.4) is 0 Å². The molecule has 0 aromatic rings. The molecule has 3 aliphatic rings. The second-order valence-electron chi connectivity index (χ2n) is 7.45. The normalized spacial score (nSPS) is 23.4. The molecule has 0 radical (unpaired) electrons. The third kappa shape index (κ3) is 3.38. The number of primary amides is 1. The quantitative estimate of drug-likeness (QED) is 0.788. The van der Waals surface area contributed by atoms with E-state index in [1.165, 1.54) is 6.42 Å². The number of nitrogens with one attached hydrogen (secondary N) is 1. The number of imide groups is 1. The first-order valence-electron chi connectivity index (χ1n) is 9.15. The molecule has 2 aliphatic carbocycles. The Balaban J connectivity index is 1.84. The fraction of sp³-hybridized carbons (Fsp3) is 0.526. The van der Waals surface area contributed by atoms with Crippen LogP contribution in [0, 0.1) is 11.8 Å². The number of rotatable bonds is 5. The molecule has 1 saturated heterocycles. The van der Waals surface area contributed by atoms with Gasteiger partial charge >= 0.3 is 12.1 Å². The Morgan fingerprint density at radius 1 is 1.27 bits per heavy atom. The average molecular weight is 358 g/mol. The van der Waals surface area contributed by atoms with Crippen LogP contribution in [0.25, 0.3) is 0 Å². The van der Waals surface area contributed by atoms with Gasteiger partial charge < -0.3 is 16.0 Å². The maximum Gasteiger partial charge on any atom is 0.333 e. The summed E-state index contributed by atoms with van der Waals surface area (Å²) in [6.45, 7) is 4.23. The van der Waals surface area contributed by atoms with Crippen LogP contribution in [0.5, 0.6) is 0 Å². The third-order valence-corrected chi connectivity index (χ3v) is 5.25. The maximum absolute atomic E-state index is 13.0. The molecule has 5 amide bonds. The number of urea groups is 2. The van der Waals surface area contributed by atoms with E-state index in [0.717, 1.165) is 17.7 Å². The van der Waals surface area contributed by atoms with Crippen molar-refractivity contribution < 1.29 is 14.4 Å². The molecule has 0 aromatic carbocycles. The van der Waals surface area contributed by atoms with Crippen molar-refractivity contribution in [2.75, 3.05) is 6.54 Å². The Kier molecular flexibility index (Phi) is 5.15. The van der Waals surface area contributed by atoms with Gasteiger partial charge in [0.15, 0.2) is 0 Å². The Hall–Kier alpha value is -2.57. The van der Waals surface area contributed by atoms with E-state index in [1.54, 1.807) is 30.9 Å². The van der Waals surface area contributed by atoms with Gasteiger partial charge in [0.25, 0.3) is 0 Å². The smallest absolute Gasteiger partial charge is 0.333 e. The molecule has 7 nitrogen and oxygen atoms in total. The van der Waals surface area contributed by atoms with Gasteiger partial charge in [0.1, 0.15) is 6.04 Å². The molecule has 2 fully saturated rings. The average Bonchev–Trinajstić information content (AvgIpc) is 2.68. The van der Waals surface area contributed by atoms with Gasteiger partial charge in [-0.25, -0.2) is 14.5 Å². The van der Waals surface area contributed by atoms with E-state index in [1.807, 2.05) is 18.2 Å². The molecule has 2 atom stereocenters. The number of amides is 5. The minimum absolute atomic E-state index is 0.168. The number of allylic oxidation sites excluding steroid dienone is 4.